The molecule has 0 radical (unpaired) electrons. The highest BCUT2D eigenvalue weighted by Gasteiger charge is 2.28. The van der Waals surface area contributed by atoms with Gasteiger partial charge in [0.2, 0.25) is 11.8 Å². The second kappa shape index (κ2) is 5.68. The number of aromatic nitrogens is 1. The number of piperidine rings is 1. The third-order valence-electron chi connectivity index (χ3n) is 2.90. The topological polar surface area (TPSA) is 102 Å². The molecular formula is C12H14N2O5S. The van der Waals surface area contributed by atoms with E-state index in [4.69, 9.17) is 0 Å². The van der Waals surface area contributed by atoms with Crippen molar-refractivity contribution in [2.75, 3.05) is 6.26 Å². The summed E-state index contributed by atoms with van der Waals surface area (Å²) in [6.07, 6.45) is 4.66. The number of imide groups is 1. The third-order valence-corrected chi connectivity index (χ3v) is 3.44. The van der Waals surface area contributed by atoms with Gasteiger partial charge >= 0.3 is 0 Å². The van der Waals surface area contributed by atoms with Crippen LogP contribution in [0.5, 0.6) is 0 Å². The van der Waals surface area contributed by atoms with Crippen LogP contribution in [0.2, 0.25) is 0 Å². The van der Waals surface area contributed by atoms with E-state index in [-0.39, 0.29) is 24.8 Å². The summed E-state index contributed by atoms with van der Waals surface area (Å²) in [7, 11) is -3.53. The van der Waals surface area contributed by atoms with Crippen LogP contribution in [-0.2, 0) is 30.5 Å². The van der Waals surface area contributed by atoms with E-state index in [0.717, 1.165) is 6.26 Å². The molecule has 1 saturated heterocycles. The van der Waals surface area contributed by atoms with Gasteiger partial charge in [0.05, 0.1) is 18.8 Å². The van der Waals surface area contributed by atoms with Crippen molar-refractivity contribution < 1.29 is 22.2 Å². The van der Waals surface area contributed by atoms with Crippen molar-refractivity contribution in [2.45, 2.75) is 25.4 Å². The number of hydrogen-bond donors (Lipinski definition) is 1. The highest BCUT2D eigenvalue weighted by atomic mass is 32.2. The Labute approximate surface area is 116 Å². The molecule has 0 aliphatic carbocycles. The molecule has 1 unspecified atom stereocenters. The van der Waals surface area contributed by atoms with E-state index < -0.39 is 16.0 Å². The molecule has 108 valence electrons. The molecular weight excluding hydrogens is 284 g/mol. The predicted molar refractivity (Wildman–Crippen MR) is 69.0 cm³/mol. The molecule has 2 amide bonds. The van der Waals surface area contributed by atoms with E-state index in [1.807, 2.05) is 0 Å². The fourth-order valence-electron chi connectivity index (χ4n) is 1.96. The maximum atomic E-state index is 11.7. The minimum absolute atomic E-state index is 0.132. The lowest BCUT2D eigenvalue weighted by atomic mass is 9.91. The van der Waals surface area contributed by atoms with Crippen molar-refractivity contribution in [2.24, 2.45) is 0 Å². The number of rotatable bonds is 4. The number of carbonyl (C=O) groups excluding carboxylic acids is 2. The molecule has 20 heavy (non-hydrogen) atoms. The molecule has 1 N–H and O–H groups in total. The molecule has 1 fully saturated rings. The van der Waals surface area contributed by atoms with Crippen LogP contribution in [0, 0.1) is 0 Å². The average molecular weight is 298 g/mol. The van der Waals surface area contributed by atoms with Crippen molar-refractivity contribution in [3.8, 4) is 0 Å². The summed E-state index contributed by atoms with van der Waals surface area (Å²) in [4.78, 5) is 26.8. The molecule has 2 heterocycles. The van der Waals surface area contributed by atoms with Gasteiger partial charge in [0.15, 0.2) is 0 Å². The Morgan fingerprint density at radius 1 is 1.40 bits per heavy atom. The van der Waals surface area contributed by atoms with Gasteiger partial charge in [-0.1, -0.05) is 0 Å². The van der Waals surface area contributed by atoms with Gasteiger partial charge in [-0.3, -0.25) is 24.1 Å². The summed E-state index contributed by atoms with van der Waals surface area (Å²) in [5.41, 5.74) is 1.20. The molecule has 0 spiro atoms. The van der Waals surface area contributed by atoms with Gasteiger partial charge in [0, 0.05) is 18.8 Å². The number of pyridine rings is 1. The van der Waals surface area contributed by atoms with Crippen LogP contribution in [0.15, 0.2) is 18.5 Å². The largest absolute Gasteiger partial charge is 0.296 e. The third kappa shape index (κ3) is 3.84. The van der Waals surface area contributed by atoms with Crippen LogP contribution < -0.4 is 5.32 Å². The Kier molecular flexibility index (Phi) is 4.15. The molecule has 0 saturated carbocycles. The van der Waals surface area contributed by atoms with Gasteiger partial charge in [-0.25, -0.2) is 0 Å². The number of amides is 2. The van der Waals surface area contributed by atoms with Gasteiger partial charge in [0.1, 0.15) is 0 Å². The minimum Gasteiger partial charge on any atom is -0.296 e. The smallest absolute Gasteiger partial charge is 0.264 e. The second-order valence-electron chi connectivity index (χ2n) is 4.60. The average Bonchev–Trinajstić information content (AvgIpc) is 2.36. The van der Waals surface area contributed by atoms with Crippen LogP contribution in [0.4, 0.5) is 0 Å². The number of hydrogen-bond acceptors (Lipinski definition) is 6. The highest BCUT2D eigenvalue weighted by Crippen LogP contribution is 2.24. The SMILES string of the molecule is CS(=O)(=O)OCc1cncc(C2CCC(=O)NC2=O)c1. The summed E-state index contributed by atoms with van der Waals surface area (Å²) in [6.45, 7) is -0.132. The number of carbonyl (C=O) groups is 2. The molecule has 1 aliphatic rings. The van der Waals surface area contributed by atoms with Crippen LogP contribution in [0.25, 0.3) is 0 Å². The summed E-state index contributed by atoms with van der Waals surface area (Å²) < 4.78 is 26.5. The first-order valence-electron chi connectivity index (χ1n) is 5.97. The zero-order chi connectivity index (χ0) is 14.8. The summed E-state index contributed by atoms with van der Waals surface area (Å²) >= 11 is 0. The maximum absolute atomic E-state index is 11.7. The van der Waals surface area contributed by atoms with Crippen LogP contribution in [0.1, 0.15) is 29.9 Å². The molecule has 8 heteroatoms. The molecule has 1 aromatic heterocycles. The summed E-state index contributed by atoms with van der Waals surface area (Å²) in [5, 5.41) is 2.27. The summed E-state index contributed by atoms with van der Waals surface area (Å²) in [5.74, 6) is -1.08. The van der Waals surface area contributed by atoms with E-state index in [0.29, 0.717) is 17.5 Å². The zero-order valence-electron chi connectivity index (χ0n) is 10.8. The van der Waals surface area contributed by atoms with Gasteiger partial charge in [-0.15, -0.1) is 0 Å². The molecule has 7 nitrogen and oxygen atoms in total. The Bertz CT molecular complexity index is 641. The number of nitrogens with one attached hydrogen (secondary N) is 1. The second-order valence-corrected chi connectivity index (χ2v) is 6.24. The lowest BCUT2D eigenvalue weighted by Gasteiger charge is -2.21. The lowest BCUT2D eigenvalue weighted by Crippen LogP contribution is -2.39. The Balaban J connectivity index is 2.13. The van der Waals surface area contributed by atoms with Crippen molar-refractivity contribution >= 4 is 21.9 Å². The Morgan fingerprint density at radius 3 is 2.80 bits per heavy atom. The zero-order valence-corrected chi connectivity index (χ0v) is 11.6. The standard InChI is InChI=1S/C12H14N2O5S/c1-20(17,18)19-7-8-4-9(6-13-5-8)10-2-3-11(15)14-12(10)16/h4-6,10H,2-3,7H2,1H3,(H,14,15,16). The van der Waals surface area contributed by atoms with Crippen molar-refractivity contribution in [1.29, 1.82) is 0 Å². The van der Waals surface area contributed by atoms with E-state index in [1.165, 1.54) is 12.4 Å². The van der Waals surface area contributed by atoms with E-state index in [9.17, 15) is 18.0 Å². The molecule has 0 bridgehead atoms. The first-order chi connectivity index (χ1) is 9.35. The Morgan fingerprint density at radius 2 is 2.15 bits per heavy atom. The van der Waals surface area contributed by atoms with Gasteiger partial charge in [-0.2, -0.15) is 8.42 Å². The van der Waals surface area contributed by atoms with Crippen molar-refractivity contribution in [3.05, 3.63) is 29.6 Å². The summed E-state index contributed by atoms with van der Waals surface area (Å²) in [6, 6.07) is 1.66. The van der Waals surface area contributed by atoms with Crippen molar-refractivity contribution in [3.63, 3.8) is 0 Å². The first-order valence-corrected chi connectivity index (χ1v) is 7.79. The van der Waals surface area contributed by atoms with Gasteiger partial charge in [-0.05, 0) is 23.6 Å². The van der Waals surface area contributed by atoms with Crippen LogP contribution in [-0.4, -0.2) is 31.5 Å². The molecule has 1 aromatic rings. The predicted octanol–water partition coefficient (Wildman–Crippen LogP) is 0.0780. The van der Waals surface area contributed by atoms with E-state index in [2.05, 4.69) is 14.5 Å². The first kappa shape index (κ1) is 14.6. The van der Waals surface area contributed by atoms with Gasteiger partial charge < -0.3 is 0 Å². The fourth-order valence-corrected chi connectivity index (χ4v) is 2.31. The fraction of sp³-hybridized carbons (Fsp3) is 0.417. The van der Waals surface area contributed by atoms with E-state index in [1.54, 1.807) is 6.07 Å². The Hall–Kier alpha value is -1.80. The van der Waals surface area contributed by atoms with Crippen LogP contribution >= 0.6 is 0 Å². The number of nitrogens with zero attached hydrogens (tertiary/aromatic N) is 1. The van der Waals surface area contributed by atoms with Crippen molar-refractivity contribution in [1.82, 2.24) is 10.3 Å². The van der Waals surface area contributed by atoms with Gasteiger partial charge in [0.25, 0.3) is 10.1 Å². The molecule has 1 atom stereocenters. The maximum Gasteiger partial charge on any atom is 0.264 e. The normalized spacial score (nSPS) is 19.8. The molecule has 2 rings (SSSR count). The lowest BCUT2D eigenvalue weighted by molar-refractivity contribution is -0.134. The molecule has 0 aromatic carbocycles. The quantitative estimate of drug-likeness (QED) is 0.623. The van der Waals surface area contributed by atoms with E-state index >= 15 is 0 Å². The highest BCUT2D eigenvalue weighted by molar-refractivity contribution is 7.85. The monoisotopic (exact) mass is 298 g/mol. The minimum atomic E-state index is -3.53. The molecule has 1 aliphatic heterocycles. The van der Waals surface area contributed by atoms with Crippen LogP contribution in [0.3, 0.4) is 0 Å².